The van der Waals surface area contributed by atoms with Gasteiger partial charge in [-0.05, 0) is 24.6 Å². The molecule has 6 nitrogen and oxygen atoms in total. The summed E-state index contributed by atoms with van der Waals surface area (Å²) in [4.78, 5) is 24.5. The van der Waals surface area contributed by atoms with Gasteiger partial charge in [0, 0.05) is 43.7 Å². The Balaban J connectivity index is 2.03. The van der Waals surface area contributed by atoms with Crippen molar-refractivity contribution in [3.8, 4) is 0 Å². The van der Waals surface area contributed by atoms with E-state index in [2.05, 4.69) is 5.32 Å². The number of carbonyl (C=O) groups excluding carboxylic acids is 2. The summed E-state index contributed by atoms with van der Waals surface area (Å²) in [6, 6.07) is 4.26. The number of amides is 2. The molecule has 1 fully saturated rings. The van der Waals surface area contributed by atoms with Gasteiger partial charge in [0.25, 0.3) is 5.91 Å². The second-order valence-corrected chi connectivity index (χ2v) is 5.20. The van der Waals surface area contributed by atoms with E-state index < -0.39 is 5.91 Å². The van der Waals surface area contributed by atoms with Gasteiger partial charge in [-0.1, -0.05) is 0 Å². The van der Waals surface area contributed by atoms with Crippen LogP contribution in [0.25, 0.3) is 0 Å². The normalized spacial score (nSPS) is 18.5. The van der Waals surface area contributed by atoms with E-state index in [0.717, 1.165) is 13.0 Å². The van der Waals surface area contributed by atoms with Crippen molar-refractivity contribution in [3.63, 3.8) is 0 Å². The van der Waals surface area contributed by atoms with Gasteiger partial charge in [-0.15, -0.1) is 0 Å². The Morgan fingerprint density at radius 3 is 2.90 bits per heavy atom. The fourth-order valence-electron chi connectivity index (χ4n) is 2.54. The van der Waals surface area contributed by atoms with Crippen molar-refractivity contribution >= 4 is 11.8 Å². The minimum atomic E-state index is -0.450. The first-order chi connectivity index (χ1) is 9.99. The molecule has 114 valence electrons. The van der Waals surface area contributed by atoms with E-state index in [-0.39, 0.29) is 17.8 Å². The van der Waals surface area contributed by atoms with Gasteiger partial charge in [0.05, 0.1) is 0 Å². The van der Waals surface area contributed by atoms with Crippen LogP contribution in [-0.4, -0.2) is 35.8 Å². The van der Waals surface area contributed by atoms with Crippen LogP contribution < -0.4 is 16.6 Å². The maximum atomic E-state index is 13.8. The van der Waals surface area contributed by atoms with Crippen LogP contribution in [0.5, 0.6) is 0 Å². The molecule has 1 saturated heterocycles. The lowest BCUT2D eigenvalue weighted by molar-refractivity contribution is -0.119. The van der Waals surface area contributed by atoms with Crippen LogP contribution in [0, 0.1) is 5.82 Å². The van der Waals surface area contributed by atoms with Gasteiger partial charge in [0.15, 0.2) is 0 Å². The Bertz CT molecular complexity index is 550. The summed E-state index contributed by atoms with van der Waals surface area (Å²) in [5.41, 5.74) is 2.80. The summed E-state index contributed by atoms with van der Waals surface area (Å²) in [7, 11) is 0. The number of nitrogens with one attached hydrogen (secondary N) is 2. The molecule has 2 amide bonds. The van der Waals surface area contributed by atoms with Crippen molar-refractivity contribution in [1.82, 2.24) is 15.6 Å². The highest BCUT2D eigenvalue weighted by Crippen LogP contribution is 2.17. The van der Waals surface area contributed by atoms with Crippen LogP contribution in [0.3, 0.4) is 0 Å². The molecular weight excluding hydrogens is 275 g/mol. The summed E-state index contributed by atoms with van der Waals surface area (Å²) in [6.07, 6.45) is 0.837. The second-order valence-electron chi connectivity index (χ2n) is 5.20. The average Bonchev–Trinajstić information content (AvgIpc) is 2.86. The molecular formula is C14H19FN4O2. The highest BCUT2D eigenvalue weighted by molar-refractivity contribution is 5.93. The zero-order valence-electron chi connectivity index (χ0n) is 11.9. The summed E-state index contributed by atoms with van der Waals surface area (Å²) < 4.78 is 13.8. The first kappa shape index (κ1) is 15.4. The third-order valence-electron chi connectivity index (χ3n) is 3.51. The topological polar surface area (TPSA) is 87.5 Å². The molecule has 1 heterocycles. The van der Waals surface area contributed by atoms with Crippen LogP contribution in [0.1, 0.15) is 29.3 Å². The van der Waals surface area contributed by atoms with E-state index >= 15 is 0 Å². The quantitative estimate of drug-likeness (QED) is 0.419. The number of hydrogen-bond donors (Lipinski definition) is 3. The summed E-state index contributed by atoms with van der Waals surface area (Å²) in [5.74, 6) is 4.21. The van der Waals surface area contributed by atoms with Crippen LogP contribution in [0.2, 0.25) is 0 Å². The third-order valence-corrected chi connectivity index (χ3v) is 3.51. The number of carbonyl (C=O) groups is 2. The van der Waals surface area contributed by atoms with Gasteiger partial charge < -0.3 is 5.32 Å². The molecule has 2 rings (SSSR count). The molecule has 1 aromatic carbocycles. The minimum Gasteiger partial charge on any atom is -0.352 e. The molecule has 0 spiro atoms. The standard InChI is InChI=1S/C14H19FN4O2/c1-9(20)17-12-4-5-19(8-12)7-11-6-10(14(21)18-16)2-3-13(11)15/h2-3,6,12H,4-5,7-8,16H2,1H3,(H,17,20)(H,18,21). The SMILES string of the molecule is CC(=O)NC1CCN(Cc2cc(C(=O)NN)ccc2F)C1. The number of nitrogens with two attached hydrogens (primary N) is 1. The third kappa shape index (κ3) is 3.99. The largest absolute Gasteiger partial charge is 0.352 e. The number of nitrogen functional groups attached to an aromatic ring is 1. The smallest absolute Gasteiger partial charge is 0.265 e. The zero-order valence-corrected chi connectivity index (χ0v) is 11.9. The summed E-state index contributed by atoms with van der Waals surface area (Å²) in [6.45, 7) is 3.33. The van der Waals surface area contributed by atoms with E-state index in [0.29, 0.717) is 24.2 Å². The van der Waals surface area contributed by atoms with E-state index in [1.54, 1.807) is 0 Å². The number of hydrazine groups is 1. The molecule has 0 saturated carbocycles. The van der Waals surface area contributed by atoms with E-state index in [1.807, 2.05) is 10.3 Å². The molecule has 0 aliphatic carbocycles. The molecule has 7 heteroatoms. The molecule has 0 radical (unpaired) electrons. The fraction of sp³-hybridized carbons (Fsp3) is 0.429. The maximum Gasteiger partial charge on any atom is 0.265 e. The van der Waals surface area contributed by atoms with Gasteiger partial charge in [-0.2, -0.15) is 0 Å². The van der Waals surface area contributed by atoms with Crippen molar-refractivity contribution in [1.29, 1.82) is 0 Å². The Labute approximate surface area is 122 Å². The van der Waals surface area contributed by atoms with Crippen molar-refractivity contribution in [2.75, 3.05) is 13.1 Å². The summed E-state index contributed by atoms with van der Waals surface area (Å²) in [5, 5.41) is 2.86. The predicted molar refractivity (Wildman–Crippen MR) is 75.6 cm³/mol. The molecule has 1 atom stereocenters. The van der Waals surface area contributed by atoms with Crippen LogP contribution in [0.4, 0.5) is 4.39 Å². The zero-order chi connectivity index (χ0) is 15.4. The van der Waals surface area contributed by atoms with Gasteiger partial charge in [0.2, 0.25) is 5.91 Å². The lowest BCUT2D eigenvalue weighted by Gasteiger charge is -2.17. The monoisotopic (exact) mass is 294 g/mol. The molecule has 0 aromatic heterocycles. The van der Waals surface area contributed by atoms with Gasteiger partial charge in [-0.3, -0.25) is 19.9 Å². The molecule has 1 aliphatic rings. The van der Waals surface area contributed by atoms with Gasteiger partial charge in [0.1, 0.15) is 5.82 Å². The van der Waals surface area contributed by atoms with E-state index in [1.165, 1.54) is 25.1 Å². The Morgan fingerprint density at radius 1 is 1.48 bits per heavy atom. The first-order valence-electron chi connectivity index (χ1n) is 6.78. The van der Waals surface area contributed by atoms with Crippen molar-refractivity contribution in [3.05, 3.63) is 35.1 Å². The van der Waals surface area contributed by atoms with Crippen molar-refractivity contribution in [2.24, 2.45) is 5.84 Å². The van der Waals surface area contributed by atoms with Crippen molar-refractivity contribution < 1.29 is 14.0 Å². The number of benzene rings is 1. The Kier molecular flexibility index (Phi) is 4.87. The lowest BCUT2D eigenvalue weighted by Crippen LogP contribution is -2.35. The van der Waals surface area contributed by atoms with Crippen molar-refractivity contribution in [2.45, 2.75) is 25.9 Å². The fourth-order valence-corrected chi connectivity index (χ4v) is 2.54. The second kappa shape index (κ2) is 6.64. The van der Waals surface area contributed by atoms with Crippen LogP contribution >= 0.6 is 0 Å². The van der Waals surface area contributed by atoms with Gasteiger partial charge in [-0.25, -0.2) is 10.2 Å². The number of nitrogens with zero attached hydrogens (tertiary/aromatic N) is 1. The molecule has 21 heavy (non-hydrogen) atoms. The Morgan fingerprint density at radius 2 is 2.24 bits per heavy atom. The number of rotatable bonds is 4. The Hall–Kier alpha value is -1.99. The number of halogens is 1. The molecule has 1 unspecified atom stereocenters. The minimum absolute atomic E-state index is 0.0605. The molecule has 0 bridgehead atoms. The van der Waals surface area contributed by atoms with Crippen LogP contribution in [0.15, 0.2) is 18.2 Å². The van der Waals surface area contributed by atoms with E-state index in [9.17, 15) is 14.0 Å². The average molecular weight is 294 g/mol. The summed E-state index contributed by atoms with van der Waals surface area (Å²) >= 11 is 0. The predicted octanol–water partition coefficient (Wildman–Crippen LogP) is 0.140. The van der Waals surface area contributed by atoms with Gasteiger partial charge >= 0.3 is 0 Å². The molecule has 1 aromatic rings. The van der Waals surface area contributed by atoms with Crippen LogP contribution in [-0.2, 0) is 11.3 Å². The first-order valence-corrected chi connectivity index (χ1v) is 6.78. The lowest BCUT2D eigenvalue weighted by atomic mass is 10.1. The molecule has 1 aliphatic heterocycles. The van der Waals surface area contributed by atoms with E-state index in [4.69, 9.17) is 5.84 Å². The maximum absolute atomic E-state index is 13.8. The number of hydrogen-bond acceptors (Lipinski definition) is 4. The number of likely N-dealkylation sites (tertiary alicyclic amines) is 1. The molecule has 4 N–H and O–H groups in total. The highest BCUT2D eigenvalue weighted by atomic mass is 19.1. The highest BCUT2D eigenvalue weighted by Gasteiger charge is 2.23.